The van der Waals surface area contributed by atoms with Crippen LogP contribution in [0.25, 0.3) is 0 Å². The summed E-state index contributed by atoms with van der Waals surface area (Å²) in [5, 5.41) is 8.34. The molecule has 6 heteroatoms. The van der Waals surface area contributed by atoms with Gasteiger partial charge in [-0.2, -0.15) is 5.10 Å². The van der Waals surface area contributed by atoms with Crippen LogP contribution in [-0.4, -0.2) is 21.1 Å². The second-order valence-corrected chi connectivity index (χ2v) is 3.27. The van der Waals surface area contributed by atoms with Crippen LogP contribution in [0.2, 0.25) is 0 Å². The molecule has 0 saturated heterocycles. The molecule has 0 aliphatic heterocycles. The smallest absolute Gasteiger partial charge is 0.293 e. The SMILES string of the molecule is Cc1ccc(F)c(NC(=O)c2ncn[nH]2)c1. The summed E-state index contributed by atoms with van der Waals surface area (Å²) in [6.45, 7) is 1.81. The maximum absolute atomic E-state index is 13.3. The van der Waals surface area contributed by atoms with Crippen molar-refractivity contribution in [3.63, 3.8) is 0 Å². The summed E-state index contributed by atoms with van der Waals surface area (Å²) < 4.78 is 13.3. The minimum Gasteiger partial charge on any atom is -0.317 e. The van der Waals surface area contributed by atoms with Crippen LogP contribution in [0.1, 0.15) is 16.2 Å². The van der Waals surface area contributed by atoms with Crippen molar-refractivity contribution in [3.8, 4) is 0 Å². The summed E-state index contributed by atoms with van der Waals surface area (Å²) in [4.78, 5) is 15.2. The third-order valence-electron chi connectivity index (χ3n) is 2.00. The second kappa shape index (κ2) is 4.09. The number of halogens is 1. The number of carbonyl (C=O) groups is 1. The van der Waals surface area contributed by atoms with Gasteiger partial charge in [0.2, 0.25) is 5.82 Å². The largest absolute Gasteiger partial charge is 0.317 e. The van der Waals surface area contributed by atoms with Crippen LogP contribution in [0.4, 0.5) is 10.1 Å². The van der Waals surface area contributed by atoms with Gasteiger partial charge >= 0.3 is 0 Å². The summed E-state index contributed by atoms with van der Waals surface area (Å²) in [5.41, 5.74) is 0.982. The number of aryl methyl sites for hydroxylation is 1. The van der Waals surface area contributed by atoms with Gasteiger partial charge in [0.25, 0.3) is 5.91 Å². The number of nitrogens with zero attached hydrogens (tertiary/aromatic N) is 2. The lowest BCUT2D eigenvalue weighted by atomic mass is 10.2. The van der Waals surface area contributed by atoms with E-state index in [-0.39, 0.29) is 11.5 Å². The molecule has 0 atom stereocenters. The number of nitrogens with one attached hydrogen (secondary N) is 2. The zero-order valence-corrected chi connectivity index (χ0v) is 8.49. The molecule has 0 unspecified atom stereocenters. The molecule has 0 aliphatic rings. The number of hydrogen-bond donors (Lipinski definition) is 2. The monoisotopic (exact) mass is 220 g/mol. The summed E-state index contributed by atoms with van der Waals surface area (Å²) in [7, 11) is 0. The first-order chi connectivity index (χ1) is 7.66. The van der Waals surface area contributed by atoms with E-state index in [1.165, 1.54) is 12.4 Å². The third-order valence-corrected chi connectivity index (χ3v) is 2.00. The van der Waals surface area contributed by atoms with E-state index in [1.54, 1.807) is 12.1 Å². The van der Waals surface area contributed by atoms with Gasteiger partial charge in [-0.15, -0.1) is 0 Å². The third kappa shape index (κ3) is 2.05. The van der Waals surface area contributed by atoms with Gasteiger partial charge in [0.1, 0.15) is 12.1 Å². The van der Waals surface area contributed by atoms with Crippen molar-refractivity contribution in [2.45, 2.75) is 6.92 Å². The van der Waals surface area contributed by atoms with E-state index in [0.717, 1.165) is 5.56 Å². The lowest BCUT2D eigenvalue weighted by Gasteiger charge is -2.05. The average Bonchev–Trinajstić information content (AvgIpc) is 2.76. The number of carbonyl (C=O) groups excluding carboxylic acids is 1. The number of aromatic amines is 1. The highest BCUT2D eigenvalue weighted by Crippen LogP contribution is 2.15. The highest BCUT2D eigenvalue weighted by molar-refractivity contribution is 6.01. The van der Waals surface area contributed by atoms with E-state index in [9.17, 15) is 9.18 Å². The lowest BCUT2D eigenvalue weighted by Crippen LogP contribution is -2.14. The minimum atomic E-state index is -0.526. The highest BCUT2D eigenvalue weighted by atomic mass is 19.1. The van der Waals surface area contributed by atoms with E-state index in [1.807, 2.05) is 6.92 Å². The fourth-order valence-electron chi connectivity index (χ4n) is 1.23. The van der Waals surface area contributed by atoms with Gasteiger partial charge in [-0.1, -0.05) is 6.07 Å². The average molecular weight is 220 g/mol. The summed E-state index contributed by atoms with van der Waals surface area (Å²) in [6, 6.07) is 4.47. The van der Waals surface area contributed by atoms with Gasteiger partial charge in [-0.3, -0.25) is 9.89 Å². The van der Waals surface area contributed by atoms with Gasteiger partial charge in [-0.25, -0.2) is 9.37 Å². The molecule has 82 valence electrons. The summed E-state index contributed by atoms with van der Waals surface area (Å²) >= 11 is 0. The predicted molar refractivity (Wildman–Crippen MR) is 55.5 cm³/mol. The van der Waals surface area contributed by atoms with Crippen molar-refractivity contribution in [3.05, 3.63) is 41.7 Å². The van der Waals surface area contributed by atoms with Crippen LogP contribution >= 0.6 is 0 Å². The van der Waals surface area contributed by atoms with Gasteiger partial charge < -0.3 is 5.32 Å². The van der Waals surface area contributed by atoms with Gasteiger partial charge in [0.15, 0.2) is 0 Å². The van der Waals surface area contributed by atoms with Crippen LogP contribution in [-0.2, 0) is 0 Å². The fourth-order valence-corrected chi connectivity index (χ4v) is 1.23. The number of anilines is 1. The second-order valence-electron chi connectivity index (χ2n) is 3.27. The number of benzene rings is 1. The van der Waals surface area contributed by atoms with Crippen LogP contribution in [0.5, 0.6) is 0 Å². The Kier molecular flexibility index (Phi) is 2.63. The van der Waals surface area contributed by atoms with Crippen molar-refractivity contribution < 1.29 is 9.18 Å². The van der Waals surface area contributed by atoms with E-state index in [2.05, 4.69) is 20.5 Å². The number of amides is 1. The van der Waals surface area contributed by atoms with Gasteiger partial charge in [-0.05, 0) is 24.6 Å². The molecule has 0 fully saturated rings. The molecule has 1 aromatic heterocycles. The fraction of sp³-hybridized carbons (Fsp3) is 0.100. The lowest BCUT2D eigenvalue weighted by molar-refractivity contribution is 0.101. The molecule has 2 aromatic rings. The van der Waals surface area contributed by atoms with E-state index in [0.29, 0.717) is 0 Å². The molecule has 2 rings (SSSR count). The zero-order chi connectivity index (χ0) is 11.5. The molecular weight excluding hydrogens is 211 g/mol. The topological polar surface area (TPSA) is 70.7 Å². The normalized spacial score (nSPS) is 10.1. The Hall–Kier alpha value is -2.24. The molecule has 0 aliphatic carbocycles. The Balaban J connectivity index is 2.21. The molecule has 0 spiro atoms. The number of H-pyrrole nitrogens is 1. The summed E-state index contributed by atoms with van der Waals surface area (Å²) in [6.07, 6.45) is 1.21. The van der Waals surface area contributed by atoms with Crippen molar-refractivity contribution in [2.75, 3.05) is 5.32 Å². The molecule has 0 radical (unpaired) electrons. The van der Waals surface area contributed by atoms with E-state index < -0.39 is 11.7 Å². The van der Waals surface area contributed by atoms with Crippen LogP contribution in [0, 0.1) is 12.7 Å². The Labute approximate surface area is 90.7 Å². The van der Waals surface area contributed by atoms with E-state index >= 15 is 0 Å². The molecule has 16 heavy (non-hydrogen) atoms. The number of rotatable bonds is 2. The maximum Gasteiger partial charge on any atom is 0.293 e. The molecule has 0 saturated carbocycles. The standard InChI is InChI=1S/C10H9FN4O/c1-6-2-3-7(11)8(4-6)14-10(16)9-12-5-13-15-9/h2-5H,1H3,(H,14,16)(H,12,13,15). The summed E-state index contributed by atoms with van der Waals surface area (Å²) in [5.74, 6) is -0.971. The van der Waals surface area contributed by atoms with Crippen molar-refractivity contribution in [2.24, 2.45) is 0 Å². The van der Waals surface area contributed by atoms with Crippen molar-refractivity contribution in [1.82, 2.24) is 15.2 Å². The van der Waals surface area contributed by atoms with Crippen LogP contribution < -0.4 is 5.32 Å². The Morgan fingerprint density at radius 3 is 3.00 bits per heavy atom. The number of hydrogen-bond acceptors (Lipinski definition) is 3. The molecule has 1 heterocycles. The molecule has 1 amide bonds. The highest BCUT2D eigenvalue weighted by Gasteiger charge is 2.11. The molecule has 0 bridgehead atoms. The van der Waals surface area contributed by atoms with Crippen LogP contribution in [0.15, 0.2) is 24.5 Å². The first kappa shape index (κ1) is 10.3. The zero-order valence-electron chi connectivity index (χ0n) is 8.49. The Morgan fingerprint density at radius 1 is 1.50 bits per heavy atom. The van der Waals surface area contributed by atoms with Gasteiger partial charge in [0.05, 0.1) is 5.69 Å². The molecule has 5 nitrogen and oxygen atoms in total. The maximum atomic E-state index is 13.3. The first-order valence-corrected chi connectivity index (χ1v) is 4.59. The number of aromatic nitrogens is 3. The van der Waals surface area contributed by atoms with Gasteiger partial charge in [0, 0.05) is 0 Å². The molecular formula is C10H9FN4O. The Morgan fingerprint density at radius 2 is 2.31 bits per heavy atom. The van der Waals surface area contributed by atoms with E-state index in [4.69, 9.17) is 0 Å². The molecule has 1 aromatic carbocycles. The quantitative estimate of drug-likeness (QED) is 0.805. The Bertz CT molecular complexity index is 510. The molecule has 2 N–H and O–H groups in total. The van der Waals surface area contributed by atoms with Crippen molar-refractivity contribution >= 4 is 11.6 Å². The predicted octanol–water partition coefficient (Wildman–Crippen LogP) is 1.50. The van der Waals surface area contributed by atoms with Crippen molar-refractivity contribution in [1.29, 1.82) is 0 Å². The van der Waals surface area contributed by atoms with Crippen LogP contribution in [0.3, 0.4) is 0 Å². The minimum absolute atomic E-state index is 0.0425. The first-order valence-electron chi connectivity index (χ1n) is 4.59.